The molecule has 0 spiro atoms. The highest BCUT2D eigenvalue weighted by Crippen LogP contribution is 2.37. The first-order chi connectivity index (χ1) is 12.6. The van der Waals surface area contributed by atoms with E-state index in [9.17, 15) is 9.18 Å². The molecular formula is C18H17ClFN3O2S. The number of fused-ring (bicyclic) bond motifs is 1. The van der Waals surface area contributed by atoms with Crippen LogP contribution in [0.15, 0.2) is 36.7 Å². The summed E-state index contributed by atoms with van der Waals surface area (Å²) in [5.41, 5.74) is 0. The van der Waals surface area contributed by atoms with Gasteiger partial charge in [-0.15, -0.1) is 11.3 Å². The Hall–Kier alpha value is -1.96. The summed E-state index contributed by atoms with van der Waals surface area (Å²) >= 11 is 7.58. The van der Waals surface area contributed by atoms with E-state index in [1.807, 2.05) is 12.3 Å². The molecule has 0 N–H and O–H groups in total. The Balaban J connectivity index is 1.58. The Labute approximate surface area is 158 Å². The number of hydrogen-bond acceptors (Lipinski definition) is 4. The van der Waals surface area contributed by atoms with Crippen LogP contribution in [0.4, 0.5) is 4.39 Å². The third kappa shape index (κ3) is 3.34. The molecule has 3 heterocycles. The number of nitrogens with zero attached hydrogens (tertiary/aromatic N) is 3. The van der Waals surface area contributed by atoms with E-state index in [4.69, 9.17) is 16.3 Å². The molecule has 2 aromatic heterocycles. The Morgan fingerprint density at radius 2 is 2.31 bits per heavy atom. The number of aromatic nitrogens is 2. The predicted octanol–water partition coefficient (Wildman–Crippen LogP) is 3.82. The molecule has 8 heteroatoms. The number of amides is 1. The van der Waals surface area contributed by atoms with Crippen LogP contribution in [-0.2, 0) is 11.3 Å². The zero-order chi connectivity index (χ0) is 18.1. The summed E-state index contributed by atoms with van der Waals surface area (Å²) in [6.07, 6.45) is 4.18. The number of rotatable bonds is 3. The van der Waals surface area contributed by atoms with Gasteiger partial charge < -0.3 is 9.64 Å². The first-order valence-corrected chi connectivity index (χ1v) is 9.58. The zero-order valence-electron chi connectivity index (χ0n) is 13.9. The maximum Gasteiger partial charge on any atom is 0.265 e. The van der Waals surface area contributed by atoms with Gasteiger partial charge in [0.25, 0.3) is 5.91 Å². The van der Waals surface area contributed by atoms with Crippen molar-refractivity contribution in [1.29, 1.82) is 0 Å². The molecule has 5 nitrogen and oxygen atoms in total. The molecule has 1 amide bonds. The molecule has 1 fully saturated rings. The van der Waals surface area contributed by atoms with Crippen molar-refractivity contribution >= 4 is 38.9 Å². The fourth-order valence-electron chi connectivity index (χ4n) is 3.16. The molecule has 0 aliphatic carbocycles. The van der Waals surface area contributed by atoms with Gasteiger partial charge in [-0.05, 0) is 24.6 Å². The average molecular weight is 394 g/mol. The van der Waals surface area contributed by atoms with Crippen LogP contribution in [0.2, 0.25) is 5.02 Å². The lowest BCUT2D eigenvalue weighted by Gasteiger charge is -2.23. The molecule has 0 bridgehead atoms. The van der Waals surface area contributed by atoms with Crippen LogP contribution in [-0.4, -0.2) is 46.4 Å². The Morgan fingerprint density at radius 3 is 3.08 bits per heavy atom. The van der Waals surface area contributed by atoms with E-state index in [2.05, 4.69) is 5.10 Å². The van der Waals surface area contributed by atoms with E-state index < -0.39 is 5.82 Å². The van der Waals surface area contributed by atoms with Crippen molar-refractivity contribution in [2.45, 2.75) is 19.1 Å². The van der Waals surface area contributed by atoms with Gasteiger partial charge in [-0.25, -0.2) is 4.39 Å². The largest absolute Gasteiger partial charge is 0.374 e. The number of carbonyl (C=O) groups excluding carboxylic acids is 1. The van der Waals surface area contributed by atoms with Crippen molar-refractivity contribution < 1.29 is 13.9 Å². The minimum Gasteiger partial charge on any atom is -0.374 e. The molecule has 0 unspecified atom stereocenters. The average Bonchev–Trinajstić information content (AvgIpc) is 3.18. The number of carbonyl (C=O) groups is 1. The van der Waals surface area contributed by atoms with Crippen molar-refractivity contribution in [3.8, 4) is 0 Å². The van der Waals surface area contributed by atoms with Gasteiger partial charge in [0.1, 0.15) is 10.7 Å². The van der Waals surface area contributed by atoms with E-state index in [-0.39, 0.29) is 17.0 Å². The minimum absolute atomic E-state index is 0.147. The van der Waals surface area contributed by atoms with E-state index in [1.165, 1.54) is 17.4 Å². The van der Waals surface area contributed by atoms with E-state index in [0.29, 0.717) is 41.2 Å². The number of thiophene rings is 1. The number of ether oxygens (including phenoxy) is 1. The second-order valence-corrected chi connectivity index (χ2v) is 7.61. The fraction of sp³-hybridized carbons (Fsp3) is 0.333. The van der Waals surface area contributed by atoms with Crippen LogP contribution in [0.5, 0.6) is 0 Å². The molecule has 26 heavy (non-hydrogen) atoms. The minimum atomic E-state index is -0.404. The SMILES string of the molecule is O=C(c1sc2cccc(F)c2c1Cl)N1CCCO[C@@H](Cn2cccn2)C1. The van der Waals surface area contributed by atoms with Gasteiger partial charge >= 0.3 is 0 Å². The summed E-state index contributed by atoms with van der Waals surface area (Å²) in [4.78, 5) is 15.2. The molecule has 1 aliphatic rings. The Bertz CT molecular complexity index is 928. The van der Waals surface area contributed by atoms with E-state index >= 15 is 0 Å². The molecule has 1 atom stereocenters. The fourth-order valence-corrected chi connectivity index (χ4v) is 4.68. The van der Waals surface area contributed by atoms with Crippen LogP contribution < -0.4 is 0 Å². The molecule has 1 aliphatic heterocycles. The maximum atomic E-state index is 14.1. The van der Waals surface area contributed by atoms with Crippen LogP contribution in [0.3, 0.4) is 0 Å². The van der Waals surface area contributed by atoms with E-state index in [1.54, 1.807) is 27.9 Å². The van der Waals surface area contributed by atoms with Crippen LogP contribution in [0, 0.1) is 5.82 Å². The summed E-state index contributed by atoms with van der Waals surface area (Å²) in [6.45, 7) is 2.20. The van der Waals surface area contributed by atoms with Crippen LogP contribution in [0.25, 0.3) is 10.1 Å². The molecule has 136 valence electrons. The van der Waals surface area contributed by atoms with Gasteiger partial charge in [-0.1, -0.05) is 17.7 Å². The monoisotopic (exact) mass is 393 g/mol. The summed E-state index contributed by atoms with van der Waals surface area (Å²) in [7, 11) is 0. The number of hydrogen-bond donors (Lipinski definition) is 0. The first-order valence-electron chi connectivity index (χ1n) is 8.38. The highest BCUT2D eigenvalue weighted by atomic mass is 35.5. The number of halogens is 2. The quantitative estimate of drug-likeness (QED) is 0.679. The second kappa shape index (κ2) is 7.34. The topological polar surface area (TPSA) is 47.4 Å². The van der Waals surface area contributed by atoms with Crippen molar-refractivity contribution in [3.63, 3.8) is 0 Å². The molecule has 1 saturated heterocycles. The van der Waals surface area contributed by atoms with Gasteiger partial charge in [-0.2, -0.15) is 5.10 Å². The first kappa shape index (κ1) is 17.5. The highest BCUT2D eigenvalue weighted by molar-refractivity contribution is 7.21. The molecular weight excluding hydrogens is 377 g/mol. The van der Waals surface area contributed by atoms with Crippen LogP contribution >= 0.6 is 22.9 Å². The molecule has 1 aromatic carbocycles. The highest BCUT2D eigenvalue weighted by Gasteiger charge is 2.28. The predicted molar refractivity (Wildman–Crippen MR) is 99.3 cm³/mol. The maximum absolute atomic E-state index is 14.1. The third-order valence-corrected chi connectivity index (χ3v) is 6.02. The van der Waals surface area contributed by atoms with E-state index in [0.717, 1.165) is 6.42 Å². The lowest BCUT2D eigenvalue weighted by Crippen LogP contribution is -2.38. The molecule has 0 radical (unpaired) electrons. The molecule has 3 aromatic rings. The van der Waals surface area contributed by atoms with Gasteiger partial charge in [-0.3, -0.25) is 9.48 Å². The van der Waals surface area contributed by atoms with Crippen molar-refractivity contribution in [3.05, 3.63) is 52.4 Å². The smallest absolute Gasteiger partial charge is 0.265 e. The lowest BCUT2D eigenvalue weighted by atomic mass is 10.2. The standard InChI is InChI=1S/C18H17ClFN3O2S/c19-16-15-13(20)4-1-5-14(15)26-17(16)18(24)22-7-3-9-25-12(10-22)11-23-8-2-6-21-23/h1-2,4-6,8,12H,3,7,9-11H2/t12-/m1/s1. The second-order valence-electron chi connectivity index (χ2n) is 6.18. The Kier molecular flexibility index (Phi) is 4.93. The van der Waals surface area contributed by atoms with Crippen molar-refractivity contribution in [2.24, 2.45) is 0 Å². The van der Waals surface area contributed by atoms with Crippen molar-refractivity contribution in [2.75, 3.05) is 19.7 Å². The molecule has 0 saturated carbocycles. The van der Waals surface area contributed by atoms with Gasteiger partial charge in [0.15, 0.2) is 0 Å². The van der Waals surface area contributed by atoms with Gasteiger partial charge in [0.05, 0.1) is 17.7 Å². The lowest BCUT2D eigenvalue weighted by molar-refractivity contribution is 0.0369. The van der Waals surface area contributed by atoms with Gasteiger partial charge in [0.2, 0.25) is 0 Å². The number of benzene rings is 1. The zero-order valence-corrected chi connectivity index (χ0v) is 15.5. The molecule has 4 rings (SSSR count). The summed E-state index contributed by atoms with van der Waals surface area (Å²) in [5.74, 6) is -0.579. The summed E-state index contributed by atoms with van der Waals surface area (Å²) in [6, 6.07) is 6.61. The van der Waals surface area contributed by atoms with Crippen LogP contribution in [0.1, 0.15) is 16.1 Å². The Morgan fingerprint density at radius 1 is 1.42 bits per heavy atom. The third-order valence-electron chi connectivity index (χ3n) is 4.39. The summed E-state index contributed by atoms with van der Waals surface area (Å²) in [5, 5.41) is 4.71. The van der Waals surface area contributed by atoms with Gasteiger partial charge in [0, 0.05) is 42.2 Å². The normalized spacial score (nSPS) is 18.2. The van der Waals surface area contributed by atoms with Crippen molar-refractivity contribution in [1.82, 2.24) is 14.7 Å². The summed E-state index contributed by atoms with van der Waals surface area (Å²) < 4.78 is 22.4.